The Morgan fingerprint density at radius 3 is 2.20 bits per heavy atom. The Labute approximate surface area is 149 Å². The zero-order chi connectivity index (χ0) is 18.2. The largest absolute Gasteiger partial charge is 0.478 e. The molecular formula is C20H18O4S. The van der Waals surface area contributed by atoms with Crippen molar-refractivity contribution in [2.24, 2.45) is 0 Å². The molecule has 0 saturated heterocycles. The van der Waals surface area contributed by atoms with Gasteiger partial charge in [-0.2, -0.15) is 0 Å². The predicted molar refractivity (Wildman–Crippen MR) is 99.4 cm³/mol. The first-order chi connectivity index (χ1) is 11.7. The van der Waals surface area contributed by atoms with E-state index < -0.39 is 11.6 Å². The van der Waals surface area contributed by atoms with E-state index in [0.29, 0.717) is 4.88 Å². The topological polar surface area (TPSA) is 63.6 Å². The maximum atomic E-state index is 12.2. The number of hydrogen-bond acceptors (Lipinski definition) is 4. The molecule has 0 aliphatic rings. The van der Waals surface area contributed by atoms with Gasteiger partial charge >= 0.3 is 11.9 Å². The average Bonchev–Trinajstić information content (AvgIpc) is 2.96. The van der Waals surface area contributed by atoms with E-state index >= 15 is 0 Å². The van der Waals surface area contributed by atoms with Crippen molar-refractivity contribution in [1.29, 1.82) is 0 Å². The summed E-state index contributed by atoms with van der Waals surface area (Å²) >= 11 is 1.40. The Morgan fingerprint density at radius 2 is 1.60 bits per heavy atom. The third kappa shape index (κ3) is 3.88. The van der Waals surface area contributed by atoms with Crippen molar-refractivity contribution in [3.63, 3.8) is 0 Å². The Balaban J connectivity index is 1.92. The van der Waals surface area contributed by atoms with Gasteiger partial charge in [0.15, 0.2) is 0 Å². The van der Waals surface area contributed by atoms with Crippen LogP contribution in [0.4, 0.5) is 0 Å². The van der Waals surface area contributed by atoms with E-state index in [0.717, 1.165) is 21.2 Å². The van der Waals surface area contributed by atoms with Crippen molar-refractivity contribution >= 4 is 33.4 Å². The summed E-state index contributed by atoms with van der Waals surface area (Å²) in [7, 11) is 0. The number of ether oxygens (including phenoxy) is 1. The van der Waals surface area contributed by atoms with E-state index in [2.05, 4.69) is 0 Å². The van der Waals surface area contributed by atoms with Gasteiger partial charge in [-0.3, -0.25) is 0 Å². The molecule has 5 heteroatoms. The lowest BCUT2D eigenvalue weighted by Gasteiger charge is -2.18. The number of carbonyl (C=O) groups excluding carboxylic acids is 1. The number of thiophene rings is 1. The fraction of sp³-hybridized carbons (Fsp3) is 0.200. The second-order valence-corrected chi connectivity index (χ2v) is 7.83. The highest BCUT2D eigenvalue weighted by atomic mass is 32.1. The molecule has 0 radical (unpaired) electrons. The van der Waals surface area contributed by atoms with Crippen LogP contribution in [0.2, 0.25) is 0 Å². The lowest BCUT2D eigenvalue weighted by atomic mass is 10.0. The molecule has 128 valence electrons. The van der Waals surface area contributed by atoms with Crippen LogP contribution in [0.25, 0.3) is 21.2 Å². The van der Waals surface area contributed by atoms with Crippen molar-refractivity contribution < 1.29 is 19.4 Å². The van der Waals surface area contributed by atoms with Gasteiger partial charge in [0.25, 0.3) is 0 Å². The molecule has 4 nitrogen and oxygen atoms in total. The van der Waals surface area contributed by atoms with Crippen LogP contribution in [-0.2, 0) is 4.74 Å². The molecule has 1 N–H and O–H groups in total. The summed E-state index contributed by atoms with van der Waals surface area (Å²) in [6, 6.07) is 14.5. The molecule has 3 rings (SSSR count). The van der Waals surface area contributed by atoms with E-state index in [9.17, 15) is 9.59 Å². The number of aromatic carboxylic acids is 1. The van der Waals surface area contributed by atoms with Gasteiger partial charge in [-0.05, 0) is 67.6 Å². The minimum absolute atomic E-state index is 0.257. The SMILES string of the molecule is CC(C)(C)OC(=O)c1cc2cc(-c3ccc(C(=O)O)cc3)ccc2s1. The summed E-state index contributed by atoms with van der Waals surface area (Å²) < 4.78 is 6.43. The molecule has 0 amide bonds. The van der Waals surface area contributed by atoms with Gasteiger partial charge in [0.1, 0.15) is 10.5 Å². The quantitative estimate of drug-likeness (QED) is 0.655. The second-order valence-electron chi connectivity index (χ2n) is 6.75. The monoisotopic (exact) mass is 354 g/mol. The number of benzene rings is 2. The van der Waals surface area contributed by atoms with Crippen LogP contribution in [0.15, 0.2) is 48.5 Å². The van der Waals surface area contributed by atoms with Gasteiger partial charge in [-0.15, -0.1) is 11.3 Å². The lowest BCUT2D eigenvalue weighted by Crippen LogP contribution is -2.23. The number of carboxylic acid groups (broad SMARTS) is 1. The summed E-state index contributed by atoms with van der Waals surface area (Å²) in [5, 5.41) is 9.94. The van der Waals surface area contributed by atoms with Crippen molar-refractivity contribution in [2.45, 2.75) is 26.4 Å². The molecule has 3 aromatic rings. The average molecular weight is 354 g/mol. The minimum Gasteiger partial charge on any atom is -0.478 e. The number of carboxylic acids is 1. The fourth-order valence-electron chi connectivity index (χ4n) is 2.46. The summed E-state index contributed by atoms with van der Waals surface area (Å²) in [6.07, 6.45) is 0. The molecule has 0 unspecified atom stereocenters. The van der Waals surface area contributed by atoms with Crippen LogP contribution >= 0.6 is 11.3 Å². The van der Waals surface area contributed by atoms with E-state index in [1.54, 1.807) is 24.3 Å². The first-order valence-electron chi connectivity index (χ1n) is 7.84. The highest BCUT2D eigenvalue weighted by Crippen LogP contribution is 2.31. The Morgan fingerprint density at radius 1 is 0.960 bits per heavy atom. The first-order valence-corrected chi connectivity index (χ1v) is 8.65. The van der Waals surface area contributed by atoms with Crippen LogP contribution in [0, 0.1) is 0 Å². The Bertz CT molecular complexity index is 946. The van der Waals surface area contributed by atoms with E-state index in [1.165, 1.54) is 11.3 Å². The normalized spacial score (nSPS) is 11.5. The molecular weight excluding hydrogens is 336 g/mol. The number of esters is 1. The molecule has 0 saturated carbocycles. The number of fused-ring (bicyclic) bond motifs is 1. The van der Waals surface area contributed by atoms with Crippen LogP contribution < -0.4 is 0 Å². The zero-order valence-corrected chi connectivity index (χ0v) is 15.0. The Hall–Kier alpha value is -2.66. The Kier molecular flexibility index (Phi) is 4.35. The van der Waals surface area contributed by atoms with Crippen molar-refractivity contribution in [3.8, 4) is 11.1 Å². The molecule has 25 heavy (non-hydrogen) atoms. The number of rotatable bonds is 3. The molecule has 0 atom stereocenters. The summed E-state index contributed by atoms with van der Waals surface area (Å²) in [4.78, 5) is 23.7. The van der Waals surface area contributed by atoms with Crippen LogP contribution in [-0.4, -0.2) is 22.6 Å². The highest BCUT2D eigenvalue weighted by Gasteiger charge is 2.19. The summed E-state index contributed by atoms with van der Waals surface area (Å²) in [5.74, 6) is -1.26. The lowest BCUT2D eigenvalue weighted by molar-refractivity contribution is 0.00751. The molecule has 0 aliphatic carbocycles. The number of carbonyl (C=O) groups is 2. The number of hydrogen-bond donors (Lipinski definition) is 1. The van der Waals surface area contributed by atoms with E-state index in [-0.39, 0.29) is 11.5 Å². The fourth-order valence-corrected chi connectivity index (χ4v) is 3.38. The molecule has 0 fully saturated rings. The molecule has 1 aromatic heterocycles. The van der Waals surface area contributed by atoms with Gasteiger partial charge in [-0.1, -0.05) is 18.2 Å². The van der Waals surface area contributed by atoms with Gasteiger partial charge in [0.2, 0.25) is 0 Å². The van der Waals surface area contributed by atoms with Crippen molar-refractivity contribution in [1.82, 2.24) is 0 Å². The van der Waals surface area contributed by atoms with Gasteiger partial charge in [-0.25, -0.2) is 9.59 Å². The third-order valence-electron chi connectivity index (χ3n) is 3.58. The second kappa shape index (κ2) is 6.33. The van der Waals surface area contributed by atoms with Crippen molar-refractivity contribution in [3.05, 3.63) is 59.0 Å². The zero-order valence-electron chi connectivity index (χ0n) is 14.2. The molecule has 0 spiro atoms. The van der Waals surface area contributed by atoms with Crippen LogP contribution in [0.3, 0.4) is 0 Å². The maximum absolute atomic E-state index is 12.2. The molecule has 1 heterocycles. The third-order valence-corrected chi connectivity index (χ3v) is 4.68. The predicted octanol–water partition coefficient (Wildman–Crippen LogP) is 5.22. The van der Waals surface area contributed by atoms with Crippen LogP contribution in [0.5, 0.6) is 0 Å². The van der Waals surface area contributed by atoms with E-state index in [4.69, 9.17) is 9.84 Å². The smallest absolute Gasteiger partial charge is 0.348 e. The van der Waals surface area contributed by atoms with Gasteiger partial charge in [0.05, 0.1) is 5.56 Å². The minimum atomic E-state index is -0.943. The van der Waals surface area contributed by atoms with Crippen LogP contribution in [0.1, 0.15) is 40.8 Å². The van der Waals surface area contributed by atoms with Crippen molar-refractivity contribution in [2.75, 3.05) is 0 Å². The molecule has 0 aliphatic heterocycles. The standard InChI is InChI=1S/C20H18O4S/c1-20(2,3)24-19(23)17-11-15-10-14(8-9-16(15)25-17)12-4-6-13(7-5-12)18(21)22/h4-11H,1-3H3,(H,21,22). The molecule has 2 aromatic carbocycles. The maximum Gasteiger partial charge on any atom is 0.348 e. The van der Waals surface area contributed by atoms with Gasteiger partial charge in [0, 0.05) is 4.70 Å². The highest BCUT2D eigenvalue weighted by molar-refractivity contribution is 7.20. The first kappa shape index (κ1) is 17.2. The van der Waals surface area contributed by atoms with E-state index in [1.807, 2.05) is 45.0 Å². The summed E-state index contributed by atoms with van der Waals surface area (Å²) in [6.45, 7) is 5.53. The molecule has 0 bridgehead atoms. The summed E-state index contributed by atoms with van der Waals surface area (Å²) in [5.41, 5.74) is 1.63. The van der Waals surface area contributed by atoms with Gasteiger partial charge < -0.3 is 9.84 Å².